The van der Waals surface area contributed by atoms with Crippen LogP contribution in [0.2, 0.25) is 0 Å². The van der Waals surface area contributed by atoms with Gasteiger partial charge < -0.3 is 11.1 Å². The number of nitrogens with two attached hydrogens (primary N) is 1. The van der Waals surface area contributed by atoms with E-state index in [-0.39, 0.29) is 11.3 Å². The highest BCUT2D eigenvalue weighted by molar-refractivity contribution is 9.11. The zero-order valence-corrected chi connectivity index (χ0v) is 13.3. The first-order chi connectivity index (χ1) is 9.47. The Balaban J connectivity index is 2.18. The fourth-order valence-corrected chi connectivity index (χ4v) is 2.69. The summed E-state index contributed by atoms with van der Waals surface area (Å²) in [5.74, 6) is -1.06. The zero-order chi connectivity index (χ0) is 14.7. The monoisotopic (exact) mass is 401 g/mol. The maximum Gasteiger partial charge on any atom is 0.248 e. The molecule has 0 saturated carbocycles. The Kier molecular flexibility index (Phi) is 4.72. The van der Waals surface area contributed by atoms with Gasteiger partial charge in [0.15, 0.2) is 0 Å². The molecule has 1 amide bonds. The van der Waals surface area contributed by atoms with Crippen LogP contribution in [-0.2, 0) is 6.54 Å². The molecule has 0 radical (unpaired) electrons. The minimum Gasteiger partial charge on any atom is -0.377 e. The first-order valence-corrected chi connectivity index (χ1v) is 7.19. The summed E-state index contributed by atoms with van der Waals surface area (Å²) in [4.78, 5) is 15.3. The number of aromatic nitrogens is 1. The predicted octanol–water partition coefficient (Wildman–Crippen LogP) is 3.46. The molecule has 0 aliphatic carbocycles. The quantitative estimate of drug-likeness (QED) is 0.822. The molecule has 2 rings (SSSR count). The van der Waals surface area contributed by atoms with Gasteiger partial charge in [0, 0.05) is 20.7 Å². The first kappa shape index (κ1) is 14.9. The number of nitrogens with zero attached hydrogens (tertiary/aromatic N) is 1. The largest absolute Gasteiger partial charge is 0.377 e. The molecule has 0 unspecified atom stereocenters. The van der Waals surface area contributed by atoms with E-state index in [9.17, 15) is 9.18 Å². The Morgan fingerprint density at radius 2 is 2.10 bits per heavy atom. The SMILES string of the molecule is NC(=O)c1ccc(F)c(NCc2ncc(Br)cc2Br)c1. The normalized spacial score (nSPS) is 10.3. The number of primary amides is 1. The Labute approximate surface area is 131 Å². The second kappa shape index (κ2) is 6.32. The van der Waals surface area contributed by atoms with Gasteiger partial charge in [-0.15, -0.1) is 0 Å². The van der Waals surface area contributed by atoms with Crippen molar-refractivity contribution in [1.82, 2.24) is 4.98 Å². The van der Waals surface area contributed by atoms with Crippen molar-refractivity contribution in [2.24, 2.45) is 5.73 Å². The summed E-state index contributed by atoms with van der Waals surface area (Å²) < 4.78 is 15.3. The van der Waals surface area contributed by atoms with Crippen LogP contribution in [-0.4, -0.2) is 10.9 Å². The van der Waals surface area contributed by atoms with Gasteiger partial charge in [0.05, 0.1) is 17.9 Å². The summed E-state index contributed by atoms with van der Waals surface area (Å²) in [6.07, 6.45) is 1.65. The molecule has 1 aromatic heterocycles. The van der Waals surface area contributed by atoms with Crippen molar-refractivity contribution in [3.63, 3.8) is 0 Å². The topological polar surface area (TPSA) is 68.0 Å². The lowest BCUT2D eigenvalue weighted by atomic mass is 10.2. The highest BCUT2D eigenvalue weighted by atomic mass is 79.9. The summed E-state index contributed by atoms with van der Waals surface area (Å²) in [5.41, 5.74) is 6.34. The van der Waals surface area contributed by atoms with Crippen LogP contribution in [0.4, 0.5) is 10.1 Å². The summed E-state index contributed by atoms with van der Waals surface area (Å²) in [7, 11) is 0. The van der Waals surface area contributed by atoms with E-state index in [1.165, 1.54) is 18.2 Å². The molecule has 7 heteroatoms. The first-order valence-electron chi connectivity index (χ1n) is 5.60. The highest BCUT2D eigenvalue weighted by Crippen LogP contribution is 2.22. The van der Waals surface area contributed by atoms with Crippen LogP contribution in [0, 0.1) is 5.82 Å². The third-order valence-corrected chi connectivity index (χ3v) is 3.70. The number of anilines is 1. The van der Waals surface area contributed by atoms with Crippen molar-refractivity contribution < 1.29 is 9.18 Å². The van der Waals surface area contributed by atoms with Gasteiger partial charge in [0.2, 0.25) is 5.91 Å². The molecule has 0 spiro atoms. The molecule has 104 valence electrons. The molecule has 0 saturated heterocycles. The summed E-state index contributed by atoms with van der Waals surface area (Å²) in [5, 5.41) is 2.89. The summed E-state index contributed by atoms with van der Waals surface area (Å²) >= 11 is 6.68. The smallest absolute Gasteiger partial charge is 0.248 e. The molecule has 4 nitrogen and oxygen atoms in total. The van der Waals surface area contributed by atoms with Crippen LogP contribution in [0.15, 0.2) is 39.4 Å². The van der Waals surface area contributed by atoms with Crippen LogP contribution >= 0.6 is 31.9 Å². The van der Waals surface area contributed by atoms with E-state index in [0.29, 0.717) is 6.54 Å². The lowest BCUT2D eigenvalue weighted by Gasteiger charge is -2.09. The average molecular weight is 403 g/mol. The van der Waals surface area contributed by atoms with Crippen molar-refractivity contribution in [3.05, 3.63) is 56.5 Å². The third kappa shape index (κ3) is 3.55. The molecule has 0 aliphatic heterocycles. The average Bonchev–Trinajstić information content (AvgIpc) is 2.39. The van der Waals surface area contributed by atoms with Crippen LogP contribution < -0.4 is 11.1 Å². The lowest BCUT2D eigenvalue weighted by Crippen LogP contribution is -2.12. The molecular formula is C13H10Br2FN3O. The van der Waals surface area contributed by atoms with E-state index in [1.807, 2.05) is 6.07 Å². The minimum absolute atomic E-state index is 0.206. The number of carbonyl (C=O) groups is 1. The number of halogens is 3. The van der Waals surface area contributed by atoms with Gasteiger partial charge in [-0.05, 0) is 56.1 Å². The molecule has 0 bridgehead atoms. The second-order valence-electron chi connectivity index (χ2n) is 3.99. The molecule has 3 N–H and O–H groups in total. The van der Waals surface area contributed by atoms with Crippen LogP contribution in [0.5, 0.6) is 0 Å². The van der Waals surface area contributed by atoms with Crippen molar-refractivity contribution >= 4 is 43.5 Å². The number of carbonyl (C=O) groups excluding carboxylic acids is 1. The Bertz CT molecular complexity index is 664. The molecular weight excluding hydrogens is 393 g/mol. The summed E-state index contributed by atoms with van der Waals surface area (Å²) in [6.45, 7) is 0.312. The van der Waals surface area contributed by atoms with E-state index in [4.69, 9.17) is 5.73 Å². The fraction of sp³-hybridized carbons (Fsp3) is 0.0769. The molecule has 0 aliphatic rings. The Hall–Kier alpha value is -1.47. The van der Waals surface area contributed by atoms with Crippen molar-refractivity contribution in [1.29, 1.82) is 0 Å². The molecule has 20 heavy (non-hydrogen) atoms. The third-order valence-electron chi connectivity index (χ3n) is 2.58. The van der Waals surface area contributed by atoms with Gasteiger partial charge in [-0.3, -0.25) is 9.78 Å². The number of pyridine rings is 1. The minimum atomic E-state index is -0.601. The van der Waals surface area contributed by atoms with Crippen LogP contribution in [0.1, 0.15) is 16.1 Å². The fourth-order valence-electron chi connectivity index (χ4n) is 1.57. The van der Waals surface area contributed by atoms with Crippen LogP contribution in [0.25, 0.3) is 0 Å². The van der Waals surface area contributed by atoms with Crippen molar-refractivity contribution in [3.8, 4) is 0 Å². The standard InChI is InChI=1S/C13H10Br2FN3O/c14-8-4-9(15)12(18-5-8)6-19-11-3-7(13(17)20)1-2-10(11)16/h1-5,19H,6H2,(H2,17,20). The molecule has 0 fully saturated rings. The van der Waals surface area contributed by atoms with Gasteiger partial charge in [0.25, 0.3) is 0 Å². The number of hydrogen-bond donors (Lipinski definition) is 2. The van der Waals surface area contributed by atoms with E-state index < -0.39 is 11.7 Å². The molecule has 0 atom stereocenters. The predicted molar refractivity (Wildman–Crippen MR) is 81.9 cm³/mol. The van der Waals surface area contributed by atoms with E-state index in [2.05, 4.69) is 42.2 Å². The van der Waals surface area contributed by atoms with Gasteiger partial charge in [0.1, 0.15) is 5.82 Å². The van der Waals surface area contributed by atoms with Gasteiger partial charge >= 0.3 is 0 Å². The highest BCUT2D eigenvalue weighted by Gasteiger charge is 2.08. The van der Waals surface area contributed by atoms with E-state index >= 15 is 0 Å². The zero-order valence-electron chi connectivity index (χ0n) is 10.2. The van der Waals surface area contributed by atoms with Gasteiger partial charge in [-0.2, -0.15) is 0 Å². The maximum atomic E-state index is 13.6. The van der Waals surface area contributed by atoms with E-state index in [1.54, 1.807) is 6.20 Å². The summed E-state index contributed by atoms with van der Waals surface area (Å²) in [6, 6.07) is 5.77. The Morgan fingerprint density at radius 3 is 2.75 bits per heavy atom. The van der Waals surface area contributed by atoms with Gasteiger partial charge in [-0.25, -0.2) is 4.39 Å². The van der Waals surface area contributed by atoms with Crippen LogP contribution in [0.3, 0.4) is 0 Å². The van der Waals surface area contributed by atoms with Crippen molar-refractivity contribution in [2.45, 2.75) is 6.54 Å². The van der Waals surface area contributed by atoms with E-state index in [0.717, 1.165) is 14.6 Å². The Morgan fingerprint density at radius 1 is 1.35 bits per heavy atom. The molecule has 1 heterocycles. The van der Waals surface area contributed by atoms with Crippen molar-refractivity contribution in [2.75, 3.05) is 5.32 Å². The lowest BCUT2D eigenvalue weighted by molar-refractivity contribution is 0.100. The number of hydrogen-bond acceptors (Lipinski definition) is 3. The second-order valence-corrected chi connectivity index (χ2v) is 5.76. The number of amides is 1. The molecule has 1 aromatic carbocycles. The van der Waals surface area contributed by atoms with Gasteiger partial charge in [-0.1, -0.05) is 0 Å². The number of benzene rings is 1. The maximum absolute atomic E-state index is 13.6. The molecule has 2 aromatic rings. The number of rotatable bonds is 4. The number of nitrogens with one attached hydrogen (secondary N) is 1.